The minimum absolute atomic E-state index is 0.0507. The van der Waals surface area contributed by atoms with Crippen molar-refractivity contribution in [2.45, 2.75) is 0 Å². The molecule has 5 heteroatoms. The van der Waals surface area contributed by atoms with Gasteiger partial charge in [-0.15, -0.1) is 0 Å². The van der Waals surface area contributed by atoms with Gasteiger partial charge in [-0.3, -0.25) is 9.78 Å². The van der Waals surface area contributed by atoms with Gasteiger partial charge in [-0.25, -0.2) is 4.79 Å². The smallest absolute Gasteiger partial charge is 0.337 e. The number of rotatable bonds is 3. The van der Waals surface area contributed by atoms with Crippen LogP contribution in [0.4, 0.5) is 5.69 Å². The van der Waals surface area contributed by atoms with Crippen LogP contribution in [0, 0.1) is 0 Å². The van der Waals surface area contributed by atoms with Gasteiger partial charge in [0.15, 0.2) is 0 Å². The van der Waals surface area contributed by atoms with Gasteiger partial charge in [-0.1, -0.05) is 12.1 Å². The number of amides is 1. The van der Waals surface area contributed by atoms with Gasteiger partial charge >= 0.3 is 5.97 Å². The van der Waals surface area contributed by atoms with Crippen molar-refractivity contribution in [3.8, 4) is 0 Å². The summed E-state index contributed by atoms with van der Waals surface area (Å²) in [5.41, 5.74) is 0.686. The minimum Gasteiger partial charge on any atom is -0.478 e. The fourth-order valence-electron chi connectivity index (χ4n) is 1.47. The van der Waals surface area contributed by atoms with E-state index >= 15 is 0 Å². The summed E-state index contributed by atoms with van der Waals surface area (Å²) in [5.74, 6) is -1.48. The lowest BCUT2D eigenvalue weighted by Gasteiger charge is -2.07. The third kappa shape index (κ3) is 2.52. The van der Waals surface area contributed by atoms with Crippen molar-refractivity contribution in [2.75, 3.05) is 5.32 Å². The van der Waals surface area contributed by atoms with Crippen molar-refractivity contribution >= 4 is 17.6 Å². The van der Waals surface area contributed by atoms with E-state index < -0.39 is 11.9 Å². The van der Waals surface area contributed by atoms with Gasteiger partial charge in [0.25, 0.3) is 5.91 Å². The molecule has 0 bridgehead atoms. The van der Waals surface area contributed by atoms with E-state index in [4.69, 9.17) is 5.11 Å². The van der Waals surface area contributed by atoms with E-state index in [1.165, 1.54) is 18.3 Å². The van der Waals surface area contributed by atoms with E-state index in [1.54, 1.807) is 30.5 Å². The van der Waals surface area contributed by atoms with Crippen molar-refractivity contribution in [3.63, 3.8) is 0 Å². The number of nitrogens with one attached hydrogen (secondary N) is 1. The first-order chi connectivity index (χ1) is 8.68. The number of aromatic carboxylic acids is 1. The quantitative estimate of drug-likeness (QED) is 0.863. The average Bonchev–Trinajstić information content (AvgIpc) is 2.40. The number of nitrogens with zero attached hydrogens (tertiary/aromatic N) is 1. The number of pyridine rings is 1. The highest BCUT2D eigenvalue weighted by Gasteiger charge is 2.12. The summed E-state index contributed by atoms with van der Waals surface area (Å²) in [7, 11) is 0. The largest absolute Gasteiger partial charge is 0.478 e. The third-order valence-corrected chi connectivity index (χ3v) is 2.33. The Hall–Kier alpha value is -2.69. The first-order valence-corrected chi connectivity index (χ1v) is 5.22. The second-order valence-electron chi connectivity index (χ2n) is 3.55. The summed E-state index contributed by atoms with van der Waals surface area (Å²) in [6, 6.07) is 9.47. The summed E-state index contributed by atoms with van der Waals surface area (Å²) >= 11 is 0. The lowest BCUT2D eigenvalue weighted by Crippen LogP contribution is -2.14. The van der Waals surface area contributed by atoms with Gasteiger partial charge in [0.05, 0.1) is 16.8 Å². The number of carboxylic acid groups (broad SMARTS) is 1. The Labute approximate surface area is 103 Å². The maximum absolute atomic E-state index is 11.8. The highest BCUT2D eigenvalue weighted by Crippen LogP contribution is 2.15. The Balaban J connectivity index is 2.25. The number of hydrogen-bond acceptors (Lipinski definition) is 3. The van der Waals surface area contributed by atoms with Gasteiger partial charge in [0, 0.05) is 12.4 Å². The minimum atomic E-state index is -1.09. The predicted molar refractivity (Wildman–Crippen MR) is 65.6 cm³/mol. The van der Waals surface area contributed by atoms with E-state index in [2.05, 4.69) is 10.3 Å². The SMILES string of the molecule is O=C(Nc1ccccc1C(=O)O)c1cccnc1. The molecule has 18 heavy (non-hydrogen) atoms. The van der Waals surface area contributed by atoms with E-state index in [1.807, 2.05) is 0 Å². The van der Waals surface area contributed by atoms with Crippen LogP contribution in [0.15, 0.2) is 48.8 Å². The summed E-state index contributed by atoms with van der Waals surface area (Å²) in [5, 5.41) is 11.5. The molecule has 2 aromatic rings. The topological polar surface area (TPSA) is 79.3 Å². The summed E-state index contributed by atoms with van der Waals surface area (Å²) in [4.78, 5) is 26.6. The van der Waals surface area contributed by atoms with Crippen LogP contribution in [0.25, 0.3) is 0 Å². The zero-order chi connectivity index (χ0) is 13.0. The second kappa shape index (κ2) is 5.09. The molecule has 2 N–H and O–H groups in total. The lowest BCUT2D eigenvalue weighted by molar-refractivity contribution is 0.0698. The van der Waals surface area contributed by atoms with Gasteiger partial charge < -0.3 is 10.4 Å². The van der Waals surface area contributed by atoms with E-state index in [0.29, 0.717) is 5.56 Å². The number of carbonyl (C=O) groups is 2. The van der Waals surface area contributed by atoms with Crippen LogP contribution >= 0.6 is 0 Å². The average molecular weight is 242 g/mol. The lowest BCUT2D eigenvalue weighted by atomic mass is 10.1. The Morgan fingerprint density at radius 3 is 2.56 bits per heavy atom. The molecule has 1 aromatic heterocycles. The Kier molecular flexibility index (Phi) is 3.33. The Bertz CT molecular complexity index is 582. The van der Waals surface area contributed by atoms with Crippen LogP contribution in [0.1, 0.15) is 20.7 Å². The van der Waals surface area contributed by atoms with Gasteiger partial charge in [-0.2, -0.15) is 0 Å². The number of benzene rings is 1. The molecule has 2 rings (SSSR count). The molecular weight excluding hydrogens is 232 g/mol. The molecule has 0 aliphatic carbocycles. The van der Waals surface area contributed by atoms with E-state index in [0.717, 1.165) is 0 Å². The Morgan fingerprint density at radius 1 is 1.11 bits per heavy atom. The molecule has 0 saturated heterocycles. The van der Waals surface area contributed by atoms with Crippen LogP contribution < -0.4 is 5.32 Å². The summed E-state index contributed by atoms with van der Waals surface area (Å²) in [6.45, 7) is 0. The molecule has 0 radical (unpaired) electrons. The highest BCUT2D eigenvalue weighted by atomic mass is 16.4. The maximum atomic E-state index is 11.8. The third-order valence-electron chi connectivity index (χ3n) is 2.33. The van der Waals surface area contributed by atoms with Crippen LogP contribution in [0.3, 0.4) is 0 Å². The van der Waals surface area contributed by atoms with Crippen molar-refractivity contribution in [3.05, 3.63) is 59.9 Å². The number of carboxylic acids is 1. The standard InChI is InChI=1S/C13H10N2O3/c16-12(9-4-3-7-14-8-9)15-11-6-2-1-5-10(11)13(17)18/h1-8H,(H,15,16)(H,17,18). The summed E-state index contributed by atoms with van der Waals surface area (Å²) < 4.78 is 0. The Morgan fingerprint density at radius 2 is 1.89 bits per heavy atom. The molecule has 0 aliphatic heterocycles. The van der Waals surface area contributed by atoms with E-state index in [9.17, 15) is 9.59 Å². The first-order valence-electron chi connectivity index (χ1n) is 5.22. The molecular formula is C13H10N2O3. The highest BCUT2D eigenvalue weighted by molar-refractivity contribution is 6.07. The van der Waals surface area contributed by atoms with Gasteiger partial charge in [-0.05, 0) is 24.3 Å². The molecule has 0 spiro atoms. The number of aromatic nitrogens is 1. The molecule has 90 valence electrons. The van der Waals surface area contributed by atoms with Crippen LogP contribution in [0.5, 0.6) is 0 Å². The zero-order valence-corrected chi connectivity index (χ0v) is 9.33. The van der Waals surface area contributed by atoms with Crippen LogP contribution in [-0.4, -0.2) is 22.0 Å². The van der Waals surface area contributed by atoms with Crippen molar-refractivity contribution in [1.29, 1.82) is 0 Å². The monoisotopic (exact) mass is 242 g/mol. The molecule has 1 amide bonds. The molecule has 0 atom stereocenters. The van der Waals surface area contributed by atoms with Crippen molar-refractivity contribution in [2.24, 2.45) is 0 Å². The fraction of sp³-hybridized carbons (Fsp3) is 0. The van der Waals surface area contributed by atoms with Crippen LogP contribution in [-0.2, 0) is 0 Å². The number of anilines is 1. The molecule has 1 heterocycles. The molecule has 0 unspecified atom stereocenters. The normalized spacial score (nSPS) is 9.78. The maximum Gasteiger partial charge on any atom is 0.337 e. The fourth-order valence-corrected chi connectivity index (χ4v) is 1.47. The zero-order valence-electron chi connectivity index (χ0n) is 9.33. The molecule has 1 aromatic carbocycles. The van der Waals surface area contributed by atoms with Gasteiger partial charge in [0.1, 0.15) is 0 Å². The predicted octanol–water partition coefficient (Wildman–Crippen LogP) is 2.03. The number of carbonyl (C=O) groups excluding carboxylic acids is 1. The molecule has 5 nitrogen and oxygen atoms in total. The van der Waals surface area contributed by atoms with Crippen molar-refractivity contribution < 1.29 is 14.7 Å². The molecule has 0 aliphatic rings. The van der Waals surface area contributed by atoms with Crippen molar-refractivity contribution in [1.82, 2.24) is 4.98 Å². The number of para-hydroxylation sites is 1. The van der Waals surface area contributed by atoms with E-state index in [-0.39, 0.29) is 11.3 Å². The molecule has 0 fully saturated rings. The summed E-state index contributed by atoms with van der Waals surface area (Å²) in [6.07, 6.45) is 2.97. The number of hydrogen-bond donors (Lipinski definition) is 2. The van der Waals surface area contributed by atoms with Gasteiger partial charge in [0.2, 0.25) is 0 Å². The second-order valence-corrected chi connectivity index (χ2v) is 3.55. The van der Waals surface area contributed by atoms with Crippen LogP contribution in [0.2, 0.25) is 0 Å². The first kappa shape index (κ1) is 11.8. The molecule has 0 saturated carbocycles.